The summed E-state index contributed by atoms with van der Waals surface area (Å²) in [4.78, 5) is 26.9. The summed E-state index contributed by atoms with van der Waals surface area (Å²) in [6.45, 7) is 4.20. The first kappa shape index (κ1) is 13.4. The quantitative estimate of drug-likeness (QED) is 0.561. The number of hydrogen-bond donors (Lipinski definition) is 0. The van der Waals surface area contributed by atoms with E-state index in [1.54, 1.807) is 12.3 Å². The molecule has 0 aliphatic carbocycles. The summed E-state index contributed by atoms with van der Waals surface area (Å²) in [6.07, 6.45) is 4.28. The van der Waals surface area contributed by atoms with Crippen molar-refractivity contribution in [2.45, 2.75) is 33.1 Å². The molecule has 4 nitrogen and oxygen atoms in total. The molecule has 0 amide bonds. The maximum absolute atomic E-state index is 11.8. The van der Waals surface area contributed by atoms with Crippen LogP contribution >= 0.6 is 0 Å². The fourth-order valence-corrected chi connectivity index (χ4v) is 1.39. The SMILES string of the molecule is CCCOC(=O)CCC(=O)c1cnccc1C. The second-order valence-electron chi connectivity index (χ2n) is 3.83. The van der Waals surface area contributed by atoms with Gasteiger partial charge >= 0.3 is 5.97 Å². The summed E-state index contributed by atoms with van der Waals surface area (Å²) in [6, 6.07) is 1.78. The minimum atomic E-state index is -0.318. The minimum absolute atomic E-state index is 0.0657. The zero-order chi connectivity index (χ0) is 12.7. The highest BCUT2D eigenvalue weighted by atomic mass is 16.5. The monoisotopic (exact) mass is 235 g/mol. The minimum Gasteiger partial charge on any atom is -0.466 e. The Morgan fingerprint density at radius 2 is 2.12 bits per heavy atom. The first-order chi connectivity index (χ1) is 8.15. The number of carbonyl (C=O) groups excluding carboxylic acids is 2. The van der Waals surface area contributed by atoms with Crippen LogP contribution in [0, 0.1) is 6.92 Å². The molecule has 0 aromatic carbocycles. The van der Waals surface area contributed by atoms with Gasteiger partial charge in [-0.3, -0.25) is 14.6 Å². The lowest BCUT2D eigenvalue weighted by atomic mass is 10.0. The lowest BCUT2D eigenvalue weighted by molar-refractivity contribution is -0.143. The van der Waals surface area contributed by atoms with Crippen molar-refractivity contribution in [2.75, 3.05) is 6.61 Å². The van der Waals surface area contributed by atoms with Crippen LogP contribution in [0.15, 0.2) is 18.5 Å². The van der Waals surface area contributed by atoms with Crippen LogP contribution in [0.3, 0.4) is 0 Å². The standard InChI is InChI=1S/C13H17NO3/c1-3-8-17-13(16)5-4-12(15)11-9-14-7-6-10(11)2/h6-7,9H,3-5,8H2,1-2H3. The van der Waals surface area contributed by atoms with E-state index in [0.717, 1.165) is 12.0 Å². The van der Waals surface area contributed by atoms with E-state index in [1.165, 1.54) is 6.20 Å². The normalized spacial score (nSPS) is 10.0. The van der Waals surface area contributed by atoms with Gasteiger partial charge in [0.2, 0.25) is 0 Å². The Morgan fingerprint density at radius 1 is 1.35 bits per heavy atom. The zero-order valence-corrected chi connectivity index (χ0v) is 10.2. The van der Waals surface area contributed by atoms with Crippen molar-refractivity contribution >= 4 is 11.8 Å². The molecule has 92 valence electrons. The van der Waals surface area contributed by atoms with Gasteiger partial charge in [-0.2, -0.15) is 0 Å². The number of carbonyl (C=O) groups is 2. The van der Waals surface area contributed by atoms with Crippen LogP contribution in [0.1, 0.15) is 42.1 Å². The molecule has 0 saturated carbocycles. The van der Waals surface area contributed by atoms with Gasteiger partial charge in [-0.25, -0.2) is 0 Å². The molecule has 1 aromatic rings. The number of hydrogen-bond acceptors (Lipinski definition) is 4. The fraction of sp³-hybridized carbons (Fsp3) is 0.462. The summed E-state index contributed by atoms with van der Waals surface area (Å²) in [5, 5.41) is 0. The van der Waals surface area contributed by atoms with Gasteiger partial charge in [0.25, 0.3) is 0 Å². The molecule has 0 fully saturated rings. The van der Waals surface area contributed by atoms with E-state index in [-0.39, 0.29) is 24.6 Å². The largest absolute Gasteiger partial charge is 0.466 e. The molecule has 1 rings (SSSR count). The molecule has 17 heavy (non-hydrogen) atoms. The van der Waals surface area contributed by atoms with Gasteiger partial charge in [-0.1, -0.05) is 6.92 Å². The Labute approximate surface area is 101 Å². The molecule has 0 saturated heterocycles. The van der Waals surface area contributed by atoms with Gasteiger partial charge in [-0.15, -0.1) is 0 Å². The number of Topliss-reactive ketones (excluding diaryl/α,β-unsaturated/α-hetero) is 1. The predicted octanol–water partition coefficient (Wildman–Crippen LogP) is 2.31. The number of esters is 1. The maximum atomic E-state index is 11.8. The van der Waals surface area contributed by atoms with Gasteiger partial charge in [-0.05, 0) is 25.0 Å². The van der Waals surface area contributed by atoms with Gasteiger partial charge in [0, 0.05) is 24.4 Å². The molecular formula is C13H17NO3. The number of pyridine rings is 1. The Hall–Kier alpha value is -1.71. The van der Waals surface area contributed by atoms with E-state index in [9.17, 15) is 9.59 Å². The van der Waals surface area contributed by atoms with Crippen LogP contribution in [-0.4, -0.2) is 23.3 Å². The number of ketones is 1. The summed E-state index contributed by atoms with van der Waals surface area (Å²) >= 11 is 0. The first-order valence-corrected chi connectivity index (χ1v) is 5.74. The highest BCUT2D eigenvalue weighted by Gasteiger charge is 2.11. The number of rotatable bonds is 6. The van der Waals surface area contributed by atoms with Crippen molar-refractivity contribution in [1.82, 2.24) is 4.98 Å². The molecule has 0 radical (unpaired) electrons. The van der Waals surface area contributed by atoms with Crippen molar-refractivity contribution in [1.29, 1.82) is 0 Å². The topological polar surface area (TPSA) is 56.3 Å². The van der Waals surface area contributed by atoms with Crippen molar-refractivity contribution in [3.63, 3.8) is 0 Å². The van der Waals surface area contributed by atoms with Crippen molar-refractivity contribution in [3.05, 3.63) is 29.6 Å². The second-order valence-corrected chi connectivity index (χ2v) is 3.83. The molecule has 0 unspecified atom stereocenters. The second kappa shape index (κ2) is 6.78. The van der Waals surface area contributed by atoms with Crippen LogP contribution < -0.4 is 0 Å². The van der Waals surface area contributed by atoms with Crippen molar-refractivity contribution in [3.8, 4) is 0 Å². The van der Waals surface area contributed by atoms with Crippen molar-refractivity contribution in [2.24, 2.45) is 0 Å². The molecule has 0 N–H and O–H groups in total. The molecule has 0 spiro atoms. The summed E-state index contributed by atoms with van der Waals surface area (Å²) in [7, 11) is 0. The summed E-state index contributed by atoms with van der Waals surface area (Å²) < 4.78 is 4.90. The Morgan fingerprint density at radius 3 is 2.76 bits per heavy atom. The van der Waals surface area contributed by atoms with Gasteiger partial charge in [0.15, 0.2) is 5.78 Å². The van der Waals surface area contributed by atoms with Gasteiger partial charge in [0.1, 0.15) is 0 Å². The maximum Gasteiger partial charge on any atom is 0.306 e. The lowest BCUT2D eigenvalue weighted by Crippen LogP contribution is -2.09. The van der Waals surface area contributed by atoms with E-state index < -0.39 is 0 Å². The highest BCUT2D eigenvalue weighted by molar-refractivity contribution is 5.98. The average molecular weight is 235 g/mol. The van der Waals surface area contributed by atoms with E-state index in [4.69, 9.17) is 4.74 Å². The third-order valence-corrected chi connectivity index (χ3v) is 2.36. The van der Waals surface area contributed by atoms with Gasteiger partial charge in [0.05, 0.1) is 13.0 Å². The number of aromatic nitrogens is 1. The van der Waals surface area contributed by atoms with Crippen molar-refractivity contribution < 1.29 is 14.3 Å². The molecule has 1 heterocycles. The molecule has 1 aromatic heterocycles. The van der Waals surface area contributed by atoms with Crippen LogP contribution in [0.4, 0.5) is 0 Å². The summed E-state index contributed by atoms with van der Waals surface area (Å²) in [5.74, 6) is -0.384. The number of aryl methyl sites for hydroxylation is 1. The Kier molecular flexibility index (Phi) is 5.33. The smallest absolute Gasteiger partial charge is 0.306 e. The predicted molar refractivity (Wildman–Crippen MR) is 63.8 cm³/mol. The third-order valence-electron chi connectivity index (χ3n) is 2.36. The first-order valence-electron chi connectivity index (χ1n) is 5.74. The van der Waals surface area contributed by atoms with Crippen LogP contribution in [0.5, 0.6) is 0 Å². The number of ether oxygens (including phenoxy) is 1. The van der Waals surface area contributed by atoms with E-state index in [2.05, 4.69) is 4.98 Å². The highest BCUT2D eigenvalue weighted by Crippen LogP contribution is 2.09. The van der Waals surface area contributed by atoms with E-state index >= 15 is 0 Å². The number of nitrogens with zero attached hydrogens (tertiary/aromatic N) is 1. The Balaban J connectivity index is 2.45. The van der Waals surface area contributed by atoms with E-state index in [0.29, 0.717) is 12.2 Å². The molecule has 4 heteroatoms. The third kappa shape index (κ3) is 4.34. The Bertz CT molecular complexity index is 401. The van der Waals surface area contributed by atoms with E-state index in [1.807, 2.05) is 13.8 Å². The molecular weight excluding hydrogens is 218 g/mol. The van der Waals surface area contributed by atoms with Gasteiger partial charge < -0.3 is 4.74 Å². The molecule has 0 bridgehead atoms. The molecule has 0 aliphatic rings. The van der Waals surface area contributed by atoms with Crippen LogP contribution in [0.2, 0.25) is 0 Å². The fourth-order valence-electron chi connectivity index (χ4n) is 1.39. The van der Waals surface area contributed by atoms with Crippen LogP contribution in [0.25, 0.3) is 0 Å². The average Bonchev–Trinajstić information content (AvgIpc) is 2.34. The lowest BCUT2D eigenvalue weighted by Gasteiger charge is -2.04. The van der Waals surface area contributed by atoms with Crippen LogP contribution in [-0.2, 0) is 9.53 Å². The zero-order valence-electron chi connectivity index (χ0n) is 10.2. The summed E-state index contributed by atoms with van der Waals surface area (Å²) in [5.41, 5.74) is 1.46. The molecule has 0 aliphatic heterocycles. The molecule has 0 atom stereocenters.